The molecule has 3 aromatic heterocycles. The fraction of sp³-hybridized carbons (Fsp3) is 0. The average molecular weight is 656 g/mol. The molecule has 234 valence electrons. The van der Waals surface area contributed by atoms with E-state index in [2.05, 4.69) is 0 Å². The summed E-state index contributed by atoms with van der Waals surface area (Å²) >= 11 is 0. The zero-order chi connectivity index (χ0) is 46.9. The number of aromatic nitrogens is 5. The highest BCUT2D eigenvalue weighted by Crippen LogP contribution is 2.34. The van der Waals surface area contributed by atoms with Gasteiger partial charge in [0.1, 0.15) is 0 Å². The van der Waals surface area contributed by atoms with Gasteiger partial charge in [0.15, 0.2) is 5.82 Å². The number of benzene rings is 7. The van der Waals surface area contributed by atoms with Gasteiger partial charge >= 0.3 is 0 Å². The molecule has 0 saturated heterocycles. The molecule has 5 heteroatoms. The molecule has 50 heavy (non-hydrogen) atoms. The largest absolute Gasteiger partial charge is 0.278 e. The molecule has 0 fully saturated rings. The standard InChI is InChI=1S/C45H29N5/c1-2-12-30(13-3-1)31-22-24-32(25-23-31)33-26-28-34(29-27-33)43-46-44(49-39-18-8-4-14-35(39)36-15-5-9-19-40(36)49)48-45(47-43)50-41-20-10-6-16-37(41)38-17-7-11-21-42(38)50/h1-29H/i4D,5D,6D,7D,8D,9D,10D,11D,14D,15D,16D,17D,18D,19D,20D,21D. The number of para-hydroxylation sites is 4. The Bertz CT molecular complexity index is 3420. The molecule has 3 heterocycles. The molecular weight excluding hydrogens is 611 g/mol. The van der Waals surface area contributed by atoms with E-state index >= 15 is 0 Å². The average Bonchev–Trinajstić information content (AvgIpc) is 3.90. The summed E-state index contributed by atoms with van der Waals surface area (Å²) in [6.45, 7) is 0. The van der Waals surface area contributed by atoms with Crippen molar-refractivity contribution in [2.24, 2.45) is 0 Å². The molecule has 0 radical (unpaired) electrons. The Labute approximate surface area is 310 Å². The Morgan fingerprint density at radius 2 is 0.660 bits per heavy atom. The van der Waals surface area contributed by atoms with Crippen LogP contribution in [0.2, 0.25) is 0 Å². The van der Waals surface area contributed by atoms with Gasteiger partial charge in [0.2, 0.25) is 11.9 Å². The lowest BCUT2D eigenvalue weighted by molar-refractivity contribution is 0.893. The highest BCUT2D eigenvalue weighted by Gasteiger charge is 2.20. The van der Waals surface area contributed by atoms with Crippen LogP contribution in [0.3, 0.4) is 0 Å². The Kier molecular flexibility index (Phi) is 3.76. The van der Waals surface area contributed by atoms with Crippen LogP contribution in [-0.4, -0.2) is 24.1 Å². The molecule has 0 unspecified atom stereocenters. The summed E-state index contributed by atoms with van der Waals surface area (Å²) in [6, 6.07) is 14.4. The maximum Gasteiger partial charge on any atom is 0.240 e. The Hall–Kier alpha value is -6.85. The Morgan fingerprint density at radius 1 is 0.340 bits per heavy atom. The SMILES string of the molecule is [2H]c1c([2H])c([2H])c2c(c1[2H])c1c([2H])c([2H])c([2H])c([2H])c1n2-c1nc(-c2ccc(-c3ccc(-c4ccccc4)cc3)cc2)nc(-n2c3c([2H])c([2H])c([2H])c([2H])c3c3c([2H])c([2H])c([2H])c([2H])c32)n1. The molecule has 0 aliphatic heterocycles. The minimum absolute atomic E-state index is 0.130. The lowest BCUT2D eigenvalue weighted by atomic mass is 9.99. The van der Waals surface area contributed by atoms with Gasteiger partial charge in [-0.05, 0) is 46.4 Å². The van der Waals surface area contributed by atoms with E-state index in [4.69, 9.17) is 36.9 Å². The van der Waals surface area contributed by atoms with Crippen LogP contribution in [0.1, 0.15) is 21.9 Å². The van der Waals surface area contributed by atoms with Gasteiger partial charge in [-0.1, -0.05) is 151 Å². The fourth-order valence-electron chi connectivity index (χ4n) is 6.22. The highest BCUT2D eigenvalue weighted by molar-refractivity contribution is 6.10. The molecule has 0 saturated carbocycles. The van der Waals surface area contributed by atoms with Crippen molar-refractivity contribution in [3.63, 3.8) is 0 Å². The topological polar surface area (TPSA) is 48.5 Å². The van der Waals surface area contributed by atoms with E-state index in [0.29, 0.717) is 5.56 Å². The lowest BCUT2D eigenvalue weighted by Crippen LogP contribution is -2.10. The summed E-state index contributed by atoms with van der Waals surface area (Å²) in [7, 11) is 0. The lowest BCUT2D eigenvalue weighted by Gasteiger charge is -2.13. The van der Waals surface area contributed by atoms with Crippen molar-refractivity contribution in [3.05, 3.63) is 176 Å². The summed E-state index contributed by atoms with van der Waals surface area (Å²) in [5.41, 5.74) is 2.82. The third-order valence-corrected chi connectivity index (χ3v) is 8.55. The van der Waals surface area contributed by atoms with Crippen LogP contribution in [-0.2, 0) is 0 Å². The molecule has 5 nitrogen and oxygen atoms in total. The Morgan fingerprint density at radius 3 is 1.04 bits per heavy atom. The van der Waals surface area contributed by atoms with Crippen molar-refractivity contribution in [3.8, 4) is 45.5 Å². The summed E-state index contributed by atoms with van der Waals surface area (Å²) in [5, 5.41) is -1.02. The molecule has 0 N–H and O–H groups in total. The molecular formula is C45H29N5. The number of fused-ring (bicyclic) bond motifs is 6. The second-order valence-electron chi connectivity index (χ2n) is 11.3. The van der Waals surface area contributed by atoms with Crippen molar-refractivity contribution < 1.29 is 21.9 Å². The van der Waals surface area contributed by atoms with Gasteiger partial charge in [-0.25, -0.2) is 0 Å². The summed E-state index contributed by atoms with van der Waals surface area (Å²) in [4.78, 5) is 14.3. The molecule has 10 aromatic rings. The zero-order valence-corrected chi connectivity index (χ0v) is 25.7. The monoisotopic (exact) mass is 655 g/mol. The number of nitrogens with zero attached hydrogens (tertiary/aromatic N) is 5. The minimum Gasteiger partial charge on any atom is -0.278 e. The maximum absolute atomic E-state index is 9.11. The second-order valence-corrected chi connectivity index (χ2v) is 11.3. The first-order valence-electron chi connectivity index (χ1n) is 23.5. The van der Waals surface area contributed by atoms with Gasteiger partial charge < -0.3 is 0 Å². The van der Waals surface area contributed by atoms with Crippen molar-refractivity contribution in [2.75, 3.05) is 0 Å². The molecule has 0 aliphatic carbocycles. The maximum atomic E-state index is 9.11. The Balaban J connectivity index is 1.33. The van der Waals surface area contributed by atoms with E-state index in [1.165, 1.54) is 0 Å². The van der Waals surface area contributed by atoms with Crippen molar-refractivity contribution in [1.82, 2.24) is 24.1 Å². The predicted molar refractivity (Wildman–Crippen MR) is 205 cm³/mol. The first-order valence-corrected chi connectivity index (χ1v) is 15.5. The van der Waals surface area contributed by atoms with E-state index in [1.54, 1.807) is 24.3 Å². The van der Waals surface area contributed by atoms with E-state index in [9.17, 15) is 0 Å². The van der Waals surface area contributed by atoms with E-state index < -0.39 is 109 Å². The van der Waals surface area contributed by atoms with Crippen LogP contribution in [0.5, 0.6) is 0 Å². The van der Waals surface area contributed by atoms with E-state index in [1.807, 2.05) is 54.6 Å². The first kappa shape index (κ1) is 16.5. The van der Waals surface area contributed by atoms with Crippen molar-refractivity contribution in [1.29, 1.82) is 0 Å². The zero-order valence-electron chi connectivity index (χ0n) is 41.7. The van der Waals surface area contributed by atoms with Gasteiger partial charge in [-0.15, -0.1) is 0 Å². The van der Waals surface area contributed by atoms with Crippen LogP contribution in [0.25, 0.3) is 89.2 Å². The molecule has 7 aromatic carbocycles. The molecule has 0 atom stereocenters. The van der Waals surface area contributed by atoms with Crippen LogP contribution >= 0.6 is 0 Å². The molecule has 0 spiro atoms. The van der Waals surface area contributed by atoms with Crippen LogP contribution in [0.15, 0.2) is 176 Å². The van der Waals surface area contributed by atoms with Gasteiger partial charge in [-0.2, -0.15) is 15.0 Å². The smallest absolute Gasteiger partial charge is 0.240 e. The molecule has 0 bridgehead atoms. The van der Waals surface area contributed by atoms with Crippen molar-refractivity contribution in [2.45, 2.75) is 0 Å². The number of hydrogen-bond donors (Lipinski definition) is 0. The summed E-state index contributed by atoms with van der Waals surface area (Å²) in [5.74, 6) is -1.04. The fourth-order valence-corrected chi connectivity index (χ4v) is 6.22. The van der Waals surface area contributed by atoms with Gasteiger partial charge in [0.25, 0.3) is 0 Å². The third kappa shape index (κ3) is 4.52. The first-order chi connectivity index (χ1) is 31.4. The van der Waals surface area contributed by atoms with Crippen LogP contribution < -0.4 is 0 Å². The van der Waals surface area contributed by atoms with Crippen molar-refractivity contribution >= 4 is 43.6 Å². The summed E-state index contributed by atoms with van der Waals surface area (Å²) in [6.07, 6.45) is 0. The van der Waals surface area contributed by atoms with Crippen LogP contribution in [0, 0.1) is 0 Å². The van der Waals surface area contributed by atoms with E-state index in [-0.39, 0.29) is 49.4 Å². The van der Waals surface area contributed by atoms with Gasteiger partial charge in [-0.3, -0.25) is 9.13 Å². The molecule has 0 amide bonds. The quantitative estimate of drug-likeness (QED) is 0.185. The summed E-state index contributed by atoms with van der Waals surface area (Å²) < 4.78 is 143. The second kappa shape index (κ2) is 11.4. The van der Waals surface area contributed by atoms with E-state index in [0.717, 1.165) is 31.4 Å². The third-order valence-electron chi connectivity index (χ3n) is 8.55. The van der Waals surface area contributed by atoms with Gasteiger partial charge in [0.05, 0.1) is 44.0 Å². The number of rotatable bonds is 5. The van der Waals surface area contributed by atoms with Gasteiger partial charge in [0, 0.05) is 27.1 Å². The molecule has 10 rings (SSSR count). The predicted octanol–water partition coefficient (Wildman–Crippen LogP) is 11.1. The normalized spacial score (nSPS) is 16.1. The minimum atomic E-state index is -0.692. The highest BCUT2D eigenvalue weighted by atomic mass is 15.3. The van der Waals surface area contributed by atoms with Crippen LogP contribution in [0.4, 0.5) is 0 Å². The molecule has 0 aliphatic rings. The number of hydrogen-bond acceptors (Lipinski definition) is 3.